The van der Waals surface area contributed by atoms with Gasteiger partial charge in [-0.05, 0) is 12.1 Å². The Balaban J connectivity index is 0.00000182. The third kappa shape index (κ3) is 3.65. The second-order valence-electron chi connectivity index (χ2n) is 5.78. The number of hydrogen-bond acceptors (Lipinski definition) is 4. The molecule has 1 aliphatic rings. The molecule has 132 valence electrons. The van der Waals surface area contributed by atoms with Crippen molar-refractivity contribution in [1.82, 2.24) is 14.7 Å². The van der Waals surface area contributed by atoms with E-state index in [0.717, 1.165) is 16.2 Å². The number of amides is 1. The average molecular weight is 385 g/mol. The second kappa shape index (κ2) is 6.70. The van der Waals surface area contributed by atoms with Crippen LogP contribution < -0.4 is 10.6 Å². The van der Waals surface area contributed by atoms with Gasteiger partial charge < -0.3 is 5.32 Å². The molecule has 5 nitrogen and oxygen atoms in total. The van der Waals surface area contributed by atoms with Crippen LogP contribution in [0, 0.1) is 0 Å². The van der Waals surface area contributed by atoms with Crippen LogP contribution in [0.1, 0.15) is 6.42 Å². The number of thiazole rings is 1. The van der Waals surface area contributed by atoms with E-state index in [4.69, 9.17) is 0 Å². The van der Waals surface area contributed by atoms with E-state index in [1.54, 1.807) is 23.5 Å². The van der Waals surface area contributed by atoms with E-state index in [2.05, 4.69) is 15.6 Å². The number of hydrogen-bond donors (Lipinski definition) is 2. The number of aromatic nitrogens is 2. The number of nitrogens with one attached hydrogen (secondary N) is 2. The van der Waals surface area contributed by atoms with E-state index in [9.17, 15) is 13.6 Å². The summed E-state index contributed by atoms with van der Waals surface area (Å²) in [4.78, 5) is 17.4. The van der Waals surface area contributed by atoms with Gasteiger partial charge in [-0.1, -0.05) is 12.1 Å². The quantitative estimate of drug-likeness (QED) is 0.727. The summed E-state index contributed by atoms with van der Waals surface area (Å²) in [5.74, 6) is -3.26. The van der Waals surface area contributed by atoms with Crippen LogP contribution in [0.2, 0.25) is 0 Å². The third-order valence-corrected chi connectivity index (χ3v) is 4.74. The monoisotopic (exact) mass is 384 g/mol. The molecule has 0 spiro atoms. The molecule has 1 atom stereocenters. The van der Waals surface area contributed by atoms with Crippen LogP contribution in [0.4, 0.5) is 14.5 Å². The zero-order valence-electron chi connectivity index (χ0n) is 12.9. The Kier molecular flexibility index (Phi) is 4.77. The molecule has 9 heteroatoms. The highest BCUT2D eigenvalue weighted by Crippen LogP contribution is 2.26. The van der Waals surface area contributed by atoms with Crippen molar-refractivity contribution in [3.8, 4) is 11.3 Å². The second-order valence-corrected chi connectivity index (χ2v) is 6.65. The fraction of sp³-hybridized carbons (Fsp3) is 0.250. The number of anilines is 1. The first-order valence-corrected chi connectivity index (χ1v) is 8.33. The molecule has 25 heavy (non-hydrogen) atoms. The van der Waals surface area contributed by atoms with E-state index >= 15 is 0 Å². The van der Waals surface area contributed by atoms with Crippen molar-refractivity contribution in [3.05, 3.63) is 42.0 Å². The van der Waals surface area contributed by atoms with E-state index in [-0.39, 0.29) is 12.4 Å². The maximum atomic E-state index is 13.1. The number of carbonyl (C=O) groups is 1. The molecule has 2 N–H and O–H groups in total. The molecule has 3 aromatic rings. The fourth-order valence-electron chi connectivity index (χ4n) is 2.72. The van der Waals surface area contributed by atoms with Crippen molar-refractivity contribution in [2.45, 2.75) is 18.4 Å². The van der Waals surface area contributed by atoms with E-state index in [1.165, 1.54) is 0 Å². The van der Waals surface area contributed by atoms with Crippen LogP contribution in [0.25, 0.3) is 16.2 Å². The lowest BCUT2D eigenvalue weighted by Gasteiger charge is -2.11. The molecule has 4 rings (SSSR count). The molecule has 0 aliphatic carbocycles. The summed E-state index contributed by atoms with van der Waals surface area (Å²) >= 11 is 1.55. The van der Waals surface area contributed by atoms with Crippen LogP contribution in [0.5, 0.6) is 0 Å². The van der Waals surface area contributed by atoms with Gasteiger partial charge in [0.05, 0.1) is 18.3 Å². The highest BCUT2D eigenvalue weighted by molar-refractivity contribution is 7.15. The smallest absolute Gasteiger partial charge is 0.262 e. The van der Waals surface area contributed by atoms with Crippen LogP contribution in [0.15, 0.2) is 42.0 Å². The van der Waals surface area contributed by atoms with Crippen molar-refractivity contribution in [2.24, 2.45) is 0 Å². The van der Waals surface area contributed by atoms with Crippen molar-refractivity contribution >= 4 is 40.3 Å². The molecule has 1 saturated heterocycles. The van der Waals surface area contributed by atoms with Gasteiger partial charge in [-0.25, -0.2) is 13.8 Å². The Morgan fingerprint density at radius 3 is 2.76 bits per heavy atom. The van der Waals surface area contributed by atoms with Gasteiger partial charge in [0.1, 0.15) is 0 Å². The highest BCUT2D eigenvalue weighted by atomic mass is 35.5. The van der Waals surface area contributed by atoms with E-state index in [1.807, 2.05) is 34.3 Å². The number of alkyl halides is 2. The molecule has 0 saturated carbocycles. The van der Waals surface area contributed by atoms with Crippen molar-refractivity contribution < 1.29 is 13.6 Å². The lowest BCUT2D eigenvalue weighted by molar-refractivity contribution is -0.118. The predicted octanol–water partition coefficient (Wildman–Crippen LogP) is 3.42. The average Bonchev–Trinajstić information content (AvgIpc) is 3.22. The lowest BCUT2D eigenvalue weighted by atomic mass is 10.1. The maximum Gasteiger partial charge on any atom is 0.262 e. The van der Waals surface area contributed by atoms with Crippen LogP contribution in [-0.4, -0.2) is 33.8 Å². The third-order valence-electron chi connectivity index (χ3n) is 3.97. The highest BCUT2D eigenvalue weighted by Gasteiger charge is 2.42. The molecule has 2 aromatic heterocycles. The Labute approximate surface area is 152 Å². The number of imidazole rings is 1. The Morgan fingerprint density at radius 1 is 1.36 bits per heavy atom. The van der Waals surface area contributed by atoms with Crippen molar-refractivity contribution in [2.75, 3.05) is 11.9 Å². The Hall–Kier alpha value is -2.03. The van der Waals surface area contributed by atoms with Crippen LogP contribution in [-0.2, 0) is 4.79 Å². The summed E-state index contributed by atoms with van der Waals surface area (Å²) in [6, 6.07) is 6.32. The van der Waals surface area contributed by atoms with Crippen molar-refractivity contribution in [1.29, 1.82) is 0 Å². The zero-order chi connectivity index (χ0) is 16.7. The first-order chi connectivity index (χ1) is 11.5. The number of nitrogens with zero attached hydrogens (tertiary/aromatic N) is 2. The molecule has 1 aromatic carbocycles. The summed E-state index contributed by atoms with van der Waals surface area (Å²) in [5, 5.41) is 7.17. The number of fused-ring (bicyclic) bond motifs is 1. The first-order valence-electron chi connectivity index (χ1n) is 7.45. The molecular weight excluding hydrogens is 370 g/mol. The van der Waals surface area contributed by atoms with Crippen LogP contribution in [0.3, 0.4) is 0 Å². The standard InChI is InChI=1S/C16H14F2N4OS.ClH/c17-16(18)7-12(19-9-16)14(23)20-11-3-1-10(2-4-11)13-8-22-5-6-24-15(22)21-13;/h1-6,8,12,19H,7,9H2,(H,20,23);1H. The minimum atomic E-state index is -2.82. The predicted molar refractivity (Wildman–Crippen MR) is 95.7 cm³/mol. The van der Waals surface area contributed by atoms with Gasteiger partial charge in [0.25, 0.3) is 5.92 Å². The van der Waals surface area contributed by atoms with Crippen molar-refractivity contribution in [3.63, 3.8) is 0 Å². The van der Waals surface area contributed by atoms with E-state index in [0.29, 0.717) is 5.69 Å². The number of carbonyl (C=O) groups excluding carboxylic acids is 1. The number of rotatable bonds is 3. The number of benzene rings is 1. The Morgan fingerprint density at radius 2 is 2.12 bits per heavy atom. The fourth-order valence-corrected chi connectivity index (χ4v) is 3.42. The lowest BCUT2D eigenvalue weighted by Crippen LogP contribution is -2.35. The Bertz CT molecular complexity index is 865. The summed E-state index contributed by atoms with van der Waals surface area (Å²) < 4.78 is 28.2. The van der Waals surface area contributed by atoms with E-state index < -0.39 is 30.8 Å². The largest absolute Gasteiger partial charge is 0.325 e. The SMILES string of the molecule is Cl.O=C(Nc1ccc(-c2cn3ccsc3n2)cc1)C1CC(F)(F)CN1. The topological polar surface area (TPSA) is 58.4 Å². The molecule has 0 bridgehead atoms. The minimum Gasteiger partial charge on any atom is -0.325 e. The molecule has 1 aliphatic heterocycles. The number of halogens is 3. The summed E-state index contributed by atoms with van der Waals surface area (Å²) in [6.45, 7) is -0.457. The van der Waals surface area contributed by atoms with Gasteiger partial charge in [-0.2, -0.15) is 0 Å². The van der Waals surface area contributed by atoms with Gasteiger partial charge in [-0.15, -0.1) is 23.7 Å². The summed E-state index contributed by atoms with van der Waals surface area (Å²) in [7, 11) is 0. The maximum absolute atomic E-state index is 13.1. The zero-order valence-corrected chi connectivity index (χ0v) is 14.5. The molecule has 1 unspecified atom stereocenters. The summed E-state index contributed by atoms with van der Waals surface area (Å²) in [6.07, 6.45) is 3.40. The molecular formula is C16H15ClF2N4OS. The minimum absolute atomic E-state index is 0. The van der Waals surface area contributed by atoms with Gasteiger partial charge >= 0.3 is 0 Å². The molecule has 1 fully saturated rings. The summed E-state index contributed by atoms with van der Waals surface area (Å²) in [5.41, 5.74) is 2.34. The van der Waals surface area contributed by atoms with Crippen LogP contribution >= 0.6 is 23.7 Å². The van der Waals surface area contributed by atoms with Gasteiger partial charge in [0.2, 0.25) is 5.91 Å². The van der Waals surface area contributed by atoms with Gasteiger partial charge in [-0.3, -0.25) is 14.5 Å². The normalized spacial score (nSPS) is 18.9. The molecule has 1 amide bonds. The molecule has 3 heterocycles. The van der Waals surface area contributed by atoms with Gasteiger partial charge in [0, 0.05) is 35.4 Å². The van der Waals surface area contributed by atoms with Gasteiger partial charge in [0.15, 0.2) is 4.96 Å². The first kappa shape index (κ1) is 17.8. The molecule has 0 radical (unpaired) electrons.